The second-order valence-corrected chi connectivity index (χ2v) is 39.6. The molecule has 0 aromatic carbocycles. The summed E-state index contributed by atoms with van der Waals surface area (Å²) in [4.78, 5) is 37.1. The second-order valence-electron chi connectivity index (χ2n) is 7.50. The van der Waals surface area contributed by atoms with Crippen LogP contribution in [0, 0.1) is 0 Å². The molecular formula is C13H30N2O2Sn2. The van der Waals surface area contributed by atoms with Gasteiger partial charge in [0.25, 0.3) is 0 Å². The molecule has 0 saturated carbocycles. The Morgan fingerprint density at radius 2 is 1.05 bits per heavy atom. The van der Waals surface area contributed by atoms with Crippen molar-refractivity contribution in [3.8, 4) is 0 Å². The molecule has 0 bridgehead atoms. The fraction of sp³-hybridized carbons (Fsp3) is 0.846. The normalized spacial score (nSPS) is 12.1. The Labute approximate surface area is 126 Å². The summed E-state index contributed by atoms with van der Waals surface area (Å²) >= 11 is -3.67. The third kappa shape index (κ3) is 14.8. The fourth-order valence-corrected chi connectivity index (χ4v) is 6.97. The Balaban J connectivity index is 3.68. The molecule has 0 aliphatic rings. The molecular weight excluding hydrogens is 454 g/mol. The van der Waals surface area contributed by atoms with E-state index in [9.17, 15) is 9.59 Å². The minimum absolute atomic E-state index is 0.0573. The Morgan fingerprint density at radius 3 is 1.32 bits per heavy atom. The summed E-state index contributed by atoms with van der Waals surface area (Å²) in [5.41, 5.74) is 0. The van der Waals surface area contributed by atoms with Crippen LogP contribution in [0.5, 0.6) is 0 Å². The molecule has 4 nitrogen and oxygen atoms in total. The molecule has 0 unspecified atom stereocenters. The van der Waals surface area contributed by atoms with E-state index in [1.54, 1.807) is 0 Å². The van der Waals surface area contributed by atoms with Gasteiger partial charge in [-0.25, -0.2) is 0 Å². The van der Waals surface area contributed by atoms with Crippen molar-refractivity contribution in [3.63, 3.8) is 0 Å². The van der Waals surface area contributed by atoms with Crippen molar-refractivity contribution >= 4 is 48.6 Å². The molecule has 112 valence electrons. The monoisotopic (exact) mass is 486 g/mol. The molecule has 0 aliphatic heterocycles. The van der Waals surface area contributed by atoms with Crippen molar-refractivity contribution in [2.45, 2.75) is 51.4 Å². The van der Waals surface area contributed by atoms with Crippen LogP contribution in [0.4, 0.5) is 0 Å². The van der Waals surface area contributed by atoms with Gasteiger partial charge < -0.3 is 0 Å². The maximum atomic E-state index is 11.6. The summed E-state index contributed by atoms with van der Waals surface area (Å²) in [5.74, 6) is 0.115. The summed E-state index contributed by atoms with van der Waals surface area (Å²) < 4.78 is 2.12. The molecule has 0 aromatic rings. The first-order valence-electron chi connectivity index (χ1n) is 7.03. The van der Waals surface area contributed by atoms with Gasteiger partial charge in [-0.05, 0) is 0 Å². The van der Waals surface area contributed by atoms with Gasteiger partial charge in [-0.15, -0.1) is 0 Å². The van der Waals surface area contributed by atoms with E-state index < -0.39 is 36.8 Å². The Hall–Kier alpha value is 0.537. The van der Waals surface area contributed by atoms with Gasteiger partial charge in [0.15, 0.2) is 0 Å². The number of carbonyl (C=O) groups excluding carboxylic acids is 2. The van der Waals surface area contributed by atoms with Crippen LogP contribution in [0.2, 0.25) is 38.5 Å². The quantitative estimate of drug-likeness (QED) is 0.412. The molecule has 6 heteroatoms. The number of carbonyl (C=O) groups is 2. The second kappa shape index (κ2) is 8.74. The number of rotatable bonds is 8. The molecule has 0 aromatic heterocycles. The average Bonchev–Trinajstić information content (AvgIpc) is 2.22. The number of amides is 2. The first kappa shape index (κ1) is 19.5. The van der Waals surface area contributed by atoms with Crippen molar-refractivity contribution in [2.24, 2.45) is 0 Å². The van der Waals surface area contributed by atoms with Gasteiger partial charge in [-0.2, -0.15) is 0 Å². The van der Waals surface area contributed by atoms with E-state index in [4.69, 9.17) is 0 Å². The zero-order valence-electron chi connectivity index (χ0n) is 13.4. The molecule has 0 atom stereocenters. The molecule has 0 heterocycles. The van der Waals surface area contributed by atoms with Crippen molar-refractivity contribution in [1.82, 2.24) is 10.6 Å². The molecule has 0 saturated heterocycles. The number of hydrogen-bond acceptors (Lipinski definition) is 2. The van der Waals surface area contributed by atoms with Crippen LogP contribution in [0.3, 0.4) is 0 Å². The van der Waals surface area contributed by atoms with Crippen molar-refractivity contribution in [2.75, 3.05) is 6.67 Å². The van der Waals surface area contributed by atoms with Crippen LogP contribution in [0.1, 0.15) is 12.8 Å². The van der Waals surface area contributed by atoms with Crippen molar-refractivity contribution < 1.29 is 9.59 Å². The van der Waals surface area contributed by atoms with E-state index in [-0.39, 0.29) is 18.5 Å². The Bertz CT molecular complexity index is 277. The number of hydrogen-bond donors (Lipinski definition) is 2. The molecule has 2 amide bonds. The number of nitrogens with one attached hydrogen (secondary N) is 2. The van der Waals surface area contributed by atoms with Gasteiger partial charge in [0.1, 0.15) is 0 Å². The van der Waals surface area contributed by atoms with Crippen LogP contribution in [-0.2, 0) is 9.59 Å². The molecule has 2 N–H and O–H groups in total. The fourth-order valence-electron chi connectivity index (χ4n) is 1.40. The zero-order valence-corrected chi connectivity index (χ0v) is 19.1. The minimum atomic E-state index is -1.83. The van der Waals surface area contributed by atoms with E-state index in [1.807, 2.05) is 0 Å². The molecule has 0 radical (unpaired) electrons. The summed E-state index contributed by atoms with van der Waals surface area (Å²) in [6.45, 7) is 0.275. The van der Waals surface area contributed by atoms with E-state index >= 15 is 0 Å². The maximum absolute atomic E-state index is 11.6. The molecule has 0 spiro atoms. The van der Waals surface area contributed by atoms with Crippen molar-refractivity contribution in [3.05, 3.63) is 0 Å². The average molecular weight is 484 g/mol. The molecule has 0 fully saturated rings. The van der Waals surface area contributed by atoms with Gasteiger partial charge in [0, 0.05) is 0 Å². The predicted molar refractivity (Wildman–Crippen MR) is 86.7 cm³/mol. The van der Waals surface area contributed by atoms with Crippen LogP contribution >= 0.6 is 0 Å². The van der Waals surface area contributed by atoms with E-state index in [1.165, 1.54) is 0 Å². The Morgan fingerprint density at radius 1 is 0.737 bits per heavy atom. The molecule has 0 aliphatic carbocycles. The van der Waals surface area contributed by atoms with Crippen molar-refractivity contribution in [1.29, 1.82) is 0 Å². The third-order valence-electron chi connectivity index (χ3n) is 2.78. The van der Waals surface area contributed by atoms with Gasteiger partial charge in [-0.3, -0.25) is 0 Å². The summed E-state index contributed by atoms with van der Waals surface area (Å²) in [5, 5.41) is 5.53. The predicted octanol–water partition coefficient (Wildman–Crippen LogP) is 2.63. The van der Waals surface area contributed by atoms with E-state index in [2.05, 4.69) is 40.3 Å². The van der Waals surface area contributed by atoms with Gasteiger partial charge in [0.05, 0.1) is 0 Å². The summed E-state index contributed by atoms with van der Waals surface area (Å²) in [6, 6.07) is 0. The Kier molecular flexibility index (Phi) is 8.99. The first-order valence-corrected chi connectivity index (χ1v) is 28.2. The van der Waals surface area contributed by atoms with Crippen LogP contribution in [0.25, 0.3) is 0 Å². The standard InChI is InChI=1S/C7H12N2O2.6CH3.2Sn/c1-3-6(10)8-5-9-7(11)4-2;;;;;;;;/h1-5H2,(H,8,10)(H,9,11);6*1H3;;. The zero-order chi connectivity index (χ0) is 15.1. The van der Waals surface area contributed by atoms with Crippen LogP contribution in [0.15, 0.2) is 0 Å². The summed E-state index contributed by atoms with van der Waals surface area (Å²) in [6.07, 6.45) is 1.21. The molecule has 19 heavy (non-hydrogen) atoms. The van der Waals surface area contributed by atoms with Gasteiger partial charge >= 0.3 is 127 Å². The summed E-state index contributed by atoms with van der Waals surface area (Å²) in [7, 11) is 0. The SMILES string of the molecule is [CH3][Sn]([CH3])([CH3])[CH2]CC(=O)NCNC(=O)C[CH2][Sn]([CH3])([CH3])[CH3]. The third-order valence-corrected chi connectivity index (χ3v) is 12.8. The van der Waals surface area contributed by atoms with Crippen LogP contribution < -0.4 is 10.6 Å². The first-order chi connectivity index (χ1) is 8.49. The topological polar surface area (TPSA) is 58.2 Å². The van der Waals surface area contributed by atoms with E-state index in [0.717, 1.165) is 8.87 Å². The van der Waals surface area contributed by atoms with Crippen LogP contribution in [-0.4, -0.2) is 55.2 Å². The van der Waals surface area contributed by atoms with Gasteiger partial charge in [0.2, 0.25) is 0 Å². The van der Waals surface area contributed by atoms with Gasteiger partial charge in [-0.1, -0.05) is 0 Å². The molecule has 0 rings (SSSR count). The van der Waals surface area contributed by atoms with E-state index in [0.29, 0.717) is 12.8 Å².